The van der Waals surface area contributed by atoms with Gasteiger partial charge in [0.15, 0.2) is 5.78 Å². The molecule has 2 heterocycles. The van der Waals surface area contributed by atoms with Crippen molar-refractivity contribution in [3.8, 4) is 0 Å². The van der Waals surface area contributed by atoms with Gasteiger partial charge in [0.05, 0.1) is 16.6 Å². The summed E-state index contributed by atoms with van der Waals surface area (Å²) >= 11 is 1.25. The summed E-state index contributed by atoms with van der Waals surface area (Å²) in [5.41, 5.74) is 0.719. The highest BCUT2D eigenvalue weighted by atomic mass is 32.1. The first-order valence-electron chi connectivity index (χ1n) is 3.90. The van der Waals surface area contributed by atoms with Gasteiger partial charge in [0.2, 0.25) is 11.5 Å². The van der Waals surface area contributed by atoms with Crippen LogP contribution in [0.4, 0.5) is 0 Å². The number of rotatable bonds is 0. The van der Waals surface area contributed by atoms with Gasteiger partial charge in [-0.15, -0.1) is 11.3 Å². The first-order valence-corrected chi connectivity index (χ1v) is 4.78. The summed E-state index contributed by atoms with van der Waals surface area (Å²) in [6.45, 7) is 0. The van der Waals surface area contributed by atoms with Crippen molar-refractivity contribution in [3.63, 3.8) is 0 Å². The summed E-state index contributed by atoms with van der Waals surface area (Å²) in [6.07, 6.45) is 1.29. The van der Waals surface area contributed by atoms with E-state index in [-0.39, 0.29) is 22.9 Å². The largest absolute Gasteiger partial charge is 0.352 e. The highest BCUT2D eigenvalue weighted by Crippen LogP contribution is 2.30. The SMILES string of the molecule is O=C1c2cnoc2C(=O)c2sccc21. The lowest BCUT2D eigenvalue weighted by molar-refractivity contribution is 0.0959. The molecule has 2 aromatic heterocycles. The van der Waals surface area contributed by atoms with Crippen LogP contribution in [0.25, 0.3) is 0 Å². The second-order valence-corrected chi connectivity index (χ2v) is 3.81. The van der Waals surface area contributed by atoms with Gasteiger partial charge >= 0.3 is 0 Å². The molecule has 0 saturated carbocycles. The zero-order valence-corrected chi connectivity index (χ0v) is 7.63. The van der Waals surface area contributed by atoms with E-state index in [9.17, 15) is 9.59 Å². The van der Waals surface area contributed by atoms with Crippen LogP contribution in [0.1, 0.15) is 31.4 Å². The molecule has 14 heavy (non-hydrogen) atoms. The molecule has 4 nitrogen and oxygen atoms in total. The Morgan fingerprint density at radius 1 is 1.21 bits per heavy atom. The maximum absolute atomic E-state index is 11.7. The van der Waals surface area contributed by atoms with E-state index >= 15 is 0 Å². The smallest absolute Gasteiger partial charge is 0.242 e. The summed E-state index contributed by atoms with van der Waals surface area (Å²) in [7, 11) is 0. The number of nitrogens with zero attached hydrogens (tertiary/aromatic N) is 1. The van der Waals surface area contributed by atoms with E-state index in [0.717, 1.165) is 0 Å². The van der Waals surface area contributed by atoms with Crippen LogP contribution in [0.15, 0.2) is 22.2 Å². The minimum Gasteiger partial charge on any atom is -0.352 e. The minimum absolute atomic E-state index is 0.0601. The molecule has 0 atom stereocenters. The number of carbonyl (C=O) groups is 2. The van der Waals surface area contributed by atoms with Gasteiger partial charge in [-0.25, -0.2) is 0 Å². The van der Waals surface area contributed by atoms with E-state index in [1.165, 1.54) is 17.5 Å². The molecule has 0 saturated heterocycles. The third-order valence-corrected chi connectivity index (χ3v) is 3.05. The Kier molecular flexibility index (Phi) is 1.30. The van der Waals surface area contributed by atoms with Crippen LogP contribution in [-0.2, 0) is 0 Å². The Morgan fingerprint density at radius 2 is 2.07 bits per heavy atom. The first kappa shape index (κ1) is 7.64. The lowest BCUT2D eigenvalue weighted by Crippen LogP contribution is -2.16. The molecular weight excluding hydrogens is 202 g/mol. The van der Waals surface area contributed by atoms with Gasteiger partial charge in [-0.3, -0.25) is 9.59 Å². The van der Waals surface area contributed by atoms with E-state index in [2.05, 4.69) is 5.16 Å². The van der Waals surface area contributed by atoms with Crippen LogP contribution >= 0.6 is 11.3 Å². The molecule has 1 aliphatic rings. The zero-order valence-electron chi connectivity index (χ0n) is 6.81. The van der Waals surface area contributed by atoms with Crippen molar-refractivity contribution in [2.75, 3.05) is 0 Å². The molecule has 5 heteroatoms. The van der Waals surface area contributed by atoms with Crippen LogP contribution in [-0.4, -0.2) is 16.7 Å². The summed E-state index contributed by atoms with van der Waals surface area (Å²) in [6, 6.07) is 1.65. The normalized spacial score (nSPS) is 14.0. The number of carbonyl (C=O) groups excluding carboxylic acids is 2. The van der Waals surface area contributed by atoms with Crippen LogP contribution in [0.2, 0.25) is 0 Å². The molecule has 0 aliphatic heterocycles. The fraction of sp³-hybridized carbons (Fsp3) is 0. The molecule has 68 valence electrons. The third kappa shape index (κ3) is 0.748. The average molecular weight is 205 g/mol. The van der Waals surface area contributed by atoms with Crippen LogP contribution in [0, 0.1) is 0 Å². The monoisotopic (exact) mass is 205 g/mol. The highest BCUT2D eigenvalue weighted by Gasteiger charge is 2.34. The van der Waals surface area contributed by atoms with Gasteiger partial charge in [0.1, 0.15) is 0 Å². The number of aromatic nitrogens is 1. The maximum Gasteiger partial charge on any atom is 0.242 e. The van der Waals surface area contributed by atoms with Gasteiger partial charge in [0, 0.05) is 5.56 Å². The quantitative estimate of drug-likeness (QED) is 0.558. The predicted molar refractivity (Wildman–Crippen MR) is 47.7 cm³/mol. The molecule has 1 aliphatic carbocycles. The number of thiophene rings is 1. The van der Waals surface area contributed by atoms with Crippen molar-refractivity contribution in [2.24, 2.45) is 0 Å². The van der Waals surface area contributed by atoms with E-state index < -0.39 is 0 Å². The van der Waals surface area contributed by atoms with Crippen molar-refractivity contribution >= 4 is 22.9 Å². The molecular formula is C9H3NO3S. The van der Waals surface area contributed by atoms with Gasteiger partial charge in [-0.1, -0.05) is 5.16 Å². The van der Waals surface area contributed by atoms with E-state index in [1.807, 2.05) is 0 Å². The van der Waals surface area contributed by atoms with Crippen molar-refractivity contribution in [2.45, 2.75) is 0 Å². The standard InChI is InChI=1S/C9H3NO3S/c11-6-4-1-2-14-9(4)7(12)8-5(6)3-10-13-8/h1-3H. The van der Waals surface area contributed by atoms with Gasteiger partial charge in [-0.2, -0.15) is 0 Å². The summed E-state index contributed by atoms with van der Waals surface area (Å²) in [5.74, 6) is -0.371. The van der Waals surface area contributed by atoms with Gasteiger partial charge in [-0.05, 0) is 11.4 Å². The molecule has 0 unspecified atom stereocenters. The molecule has 0 amide bonds. The van der Waals surface area contributed by atoms with Crippen molar-refractivity contribution < 1.29 is 14.1 Å². The number of fused-ring (bicyclic) bond motifs is 2. The Hall–Kier alpha value is -1.75. The third-order valence-electron chi connectivity index (χ3n) is 2.14. The number of hydrogen-bond donors (Lipinski definition) is 0. The van der Waals surface area contributed by atoms with Gasteiger partial charge < -0.3 is 4.52 Å². The topological polar surface area (TPSA) is 60.2 Å². The first-order chi connectivity index (χ1) is 6.79. The lowest BCUT2D eigenvalue weighted by Gasteiger charge is -2.05. The highest BCUT2D eigenvalue weighted by molar-refractivity contribution is 7.12. The Bertz CT molecular complexity index is 461. The molecule has 0 N–H and O–H groups in total. The van der Waals surface area contributed by atoms with Gasteiger partial charge in [0.25, 0.3) is 0 Å². The molecule has 0 radical (unpaired) electrons. The van der Waals surface area contributed by atoms with Crippen molar-refractivity contribution in [1.29, 1.82) is 0 Å². The fourth-order valence-electron chi connectivity index (χ4n) is 1.48. The Balaban J connectivity index is 2.37. The summed E-state index contributed by atoms with van der Waals surface area (Å²) in [5, 5.41) is 5.18. The number of hydrogen-bond acceptors (Lipinski definition) is 5. The van der Waals surface area contributed by atoms with Crippen molar-refractivity contribution in [1.82, 2.24) is 5.16 Å². The van der Waals surface area contributed by atoms with E-state index in [4.69, 9.17) is 4.52 Å². The van der Waals surface area contributed by atoms with E-state index in [0.29, 0.717) is 10.4 Å². The van der Waals surface area contributed by atoms with Crippen molar-refractivity contribution in [3.05, 3.63) is 39.4 Å². The zero-order chi connectivity index (χ0) is 9.71. The molecule has 0 spiro atoms. The van der Waals surface area contributed by atoms with Crippen LogP contribution in [0.3, 0.4) is 0 Å². The molecule has 2 aromatic rings. The van der Waals surface area contributed by atoms with Crippen LogP contribution < -0.4 is 0 Å². The minimum atomic E-state index is -0.248. The Labute approximate surface area is 82.1 Å². The van der Waals surface area contributed by atoms with E-state index in [1.54, 1.807) is 11.4 Å². The second-order valence-electron chi connectivity index (χ2n) is 2.89. The summed E-state index contributed by atoms with van der Waals surface area (Å²) in [4.78, 5) is 23.9. The second kappa shape index (κ2) is 2.39. The predicted octanol–water partition coefficient (Wildman–Crippen LogP) is 1.51. The maximum atomic E-state index is 11.7. The fourth-order valence-corrected chi connectivity index (χ4v) is 2.30. The molecule has 0 fully saturated rings. The van der Waals surface area contributed by atoms with Crippen LogP contribution in [0.5, 0.6) is 0 Å². The number of ketones is 2. The molecule has 3 rings (SSSR count). The average Bonchev–Trinajstić information content (AvgIpc) is 2.82. The lowest BCUT2D eigenvalue weighted by atomic mass is 9.96. The summed E-state index contributed by atoms with van der Waals surface area (Å²) < 4.78 is 4.75. The Morgan fingerprint density at radius 3 is 2.93 bits per heavy atom. The molecule has 0 bridgehead atoms. The molecule has 0 aromatic carbocycles.